The van der Waals surface area contributed by atoms with Gasteiger partial charge in [0.2, 0.25) is 0 Å². The molecule has 31 heavy (non-hydrogen) atoms. The molecule has 1 atom stereocenters. The van der Waals surface area contributed by atoms with Crippen LogP contribution < -0.4 is 10.1 Å². The molecule has 1 heterocycles. The number of rotatable bonds is 6. The van der Waals surface area contributed by atoms with Crippen molar-refractivity contribution in [3.63, 3.8) is 0 Å². The maximum atomic E-state index is 12.6. The summed E-state index contributed by atoms with van der Waals surface area (Å²) in [6.07, 6.45) is 2.26. The van der Waals surface area contributed by atoms with Gasteiger partial charge in [0.05, 0.1) is 18.6 Å². The highest BCUT2D eigenvalue weighted by atomic mass is 32.1. The molecule has 0 fully saturated rings. The van der Waals surface area contributed by atoms with E-state index in [2.05, 4.69) is 45.1 Å². The van der Waals surface area contributed by atoms with Crippen molar-refractivity contribution in [3.05, 3.63) is 40.3 Å². The molecule has 5 nitrogen and oxygen atoms in total. The molecule has 0 spiro atoms. The topological polar surface area (TPSA) is 64.6 Å². The van der Waals surface area contributed by atoms with Crippen molar-refractivity contribution in [2.75, 3.05) is 13.7 Å². The van der Waals surface area contributed by atoms with Gasteiger partial charge in [-0.3, -0.25) is 4.79 Å². The highest BCUT2D eigenvalue weighted by Gasteiger charge is 2.38. The van der Waals surface area contributed by atoms with Gasteiger partial charge in [0.15, 0.2) is 0 Å². The summed E-state index contributed by atoms with van der Waals surface area (Å²) in [4.78, 5) is 26.0. The number of amides is 1. The van der Waals surface area contributed by atoms with E-state index in [1.54, 1.807) is 27.0 Å². The monoisotopic (exact) mass is 443 g/mol. The van der Waals surface area contributed by atoms with Gasteiger partial charge >= 0.3 is 5.97 Å². The highest BCUT2D eigenvalue weighted by molar-refractivity contribution is 7.17. The van der Waals surface area contributed by atoms with Gasteiger partial charge in [0.1, 0.15) is 11.8 Å². The van der Waals surface area contributed by atoms with Crippen LogP contribution in [0.3, 0.4) is 0 Å². The maximum Gasteiger partial charge on any atom is 0.328 e. The second-order valence-corrected chi connectivity index (χ2v) is 10.6. The summed E-state index contributed by atoms with van der Waals surface area (Å²) >= 11 is 1.40. The Kier molecular flexibility index (Phi) is 6.51. The molecule has 0 radical (unpaired) electrons. The Morgan fingerprint density at radius 3 is 2.29 bits per heavy atom. The predicted octanol–water partition coefficient (Wildman–Crippen LogP) is 5.45. The first-order valence-electron chi connectivity index (χ1n) is 10.8. The number of nitrogens with one attached hydrogen (secondary N) is 1. The smallest absolute Gasteiger partial charge is 0.328 e. The normalized spacial score (nSPS) is 17.4. The number of thiophene rings is 1. The van der Waals surface area contributed by atoms with Crippen LogP contribution in [-0.2, 0) is 20.4 Å². The fourth-order valence-electron chi connectivity index (χ4n) is 4.15. The van der Waals surface area contributed by atoms with Gasteiger partial charge in [-0.15, -0.1) is 11.3 Å². The summed E-state index contributed by atoms with van der Waals surface area (Å²) in [5.41, 5.74) is 3.85. The fraction of sp³-hybridized carbons (Fsp3) is 0.520. The molecular formula is C25H33NO4S. The van der Waals surface area contributed by atoms with E-state index in [0.29, 0.717) is 4.88 Å². The minimum atomic E-state index is -0.695. The standard InChI is InChI=1S/C25H33NO4S/c1-8-30-23(28)15(2)26-22(27)21-10-9-20(31-21)16-13-17-18(14-19(16)29-7)25(5,6)12-11-24(17,3)4/h9-10,13-15H,8,11-12H2,1-7H3,(H,26,27). The Balaban J connectivity index is 1.95. The first-order valence-corrected chi connectivity index (χ1v) is 11.6. The van der Waals surface area contributed by atoms with Gasteiger partial charge < -0.3 is 14.8 Å². The molecule has 0 aliphatic heterocycles. The Morgan fingerprint density at radius 1 is 1.10 bits per heavy atom. The molecule has 2 aromatic rings. The third kappa shape index (κ3) is 4.64. The van der Waals surface area contributed by atoms with Crippen LogP contribution in [0.25, 0.3) is 10.4 Å². The van der Waals surface area contributed by atoms with Crippen LogP contribution >= 0.6 is 11.3 Å². The van der Waals surface area contributed by atoms with Crippen molar-refractivity contribution in [1.29, 1.82) is 0 Å². The Bertz CT molecular complexity index is 989. The first kappa shape index (κ1) is 23.3. The van der Waals surface area contributed by atoms with Crippen molar-refractivity contribution in [2.24, 2.45) is 0 Å². The predicted molar refractivity (Wildman–Crippen MR) is 125 cm³/mol. The largest absolute Gasteiger partial charge is 0.496 e. The lowest BCUT2D eigenvalue weighted by molar-refractivity contribution is -0.144. The number of ether oxygens (including phenoxy) is 2. The summed E-state index contributed by atoms with van der Waals surface area (Å²) in [6.45, 7) is 12.8. The van der Waals surface area contributed by atoms with Crippen LogP contribution in [0.2, 0.25) is 0 Å². The highest BCUT2D eigenvalue weighted by Crippen LogP contribution is 2.49. The molecule has 6 heteroatoms. The molecular weight excluding hydrogens is 410 g/mol. The third-order valence-electron chi connectivity index (χ3n) is 6.26. The van der Waals surface area contributed by atoms with E-state index in [0.717, 1.165) is 29.0 Å². The molecule has 1 amide bonds. The van der Waals surface area contributed by atoms with Crippen LogP contribution in [0, 0.1) is 0 Å². The molecule has 3 rings (SSSR count). The lowest BCUT2D eigenvalue weighted by Gasteiger charge is -2.42. The summed E-state index contributed by atoms with van der Waals surface area (Å²) in [7, 11) is 1.69. The van der Waals surface area contributed by atoms with Gasteiger partial charge in [-0.1, -0.05) is 27.7 Å². The number of esters is 1. The van der Waals surface area contributed by atoms with E-state index in [-0.39, 0.29) is 23.3 Å². The Morgan fingerprint density at radius 2 is 1.71 bits per heavy atom. The summed E-state index contributed by atoms with van der Waals surface area (Å²) in [6, 6.07) is 7.46. The van der Waals surface area contributed by atoms with Crippen LogP contribution in [0.5, 0.6) is 5.75 Å². The first-order chi connectivity index (χ1) is 14.5. The van der Waals surface area contributed by atoms with E-state index in [4.69, 9.17) is 9.47 Å². The zero-order chi connectivity index (χ0) is 23.0. The number of methoxy groups -OCH3 is 1. The number of benzene rings is 1. The zero-order valence-electron chi connectivity index (χ0n) is 19.5. The number of carbonyl (C=O) groups excluding carboxylic acids is 2. The van der Waals surface area contributed by atoms with E-state index >= 15 is 0 Å². The molecule has 1 aliphatic carbocycles. The second kappa shape index (κ2) is 8.65. The number of hydrogen-bond acceptors (Lipinski definition) is 5. The molecule has 1 aromatic carbocycles. The summed E-state index contributed by atoms with van der Waals surface area (Å²) < 4.78 is 10.7. The van der Waals surface area contributed by atoms with Crippen molar-refractivity contribution in [1.82, 2.24) is 5.32 Å². The zero-order valence-corrected chi connectivity index (χ0v) is 20.4. The molecule has 1 aliphatic rings. The number of carbonyl (C=O) groups is 2. The van der Waals surface area contributed by atoms with E-state index in [9.17, 15) is 9.59 Å². The van der Waals surface area contributed by atoms with Crippen LogP contribution in [-0.4, -0.2) is 31.6 Å². The molecule has 0 bridgehead atoms. The number of hydrogen-bond donors (Lipinski definition) is 1. The van der Waals surface area contributed by atoms with Crippen molar-refractivity contribution in [2.45, 2.75) is 71.3 Å². The van der Waals surface area contributed by atoms with Crippen LogP contribution in [0.1, 0.15) is 75.2 Å². The lowest BCUT2D eigenvalue weighted by Crippen LogP contribution is -2.39. The van der Waals surface area contributed by atoms with Gasteiger partial charge in [-0.25, -0.2) is 4.79 Å². The van der Waals surface area contributed by atoms with Crippen LogP contribution in [0.4, 0.5) is 0 Å². The fourth-order valence-corrected chi connectivity index (χ4v) is 5.08. The summed E-state index contributed by atoms with van der Waals surface area (Å²) in [5, 5.41) is 2.71. The molecule has 168 valence electrons. The Hall–Kier alpha value is -2.34. The van der Waals surface area contributed by atoms with E-state index < -0.39 is 12.0 Å². The maximum absolute atomic E-state index is 12.6. The third-order valence-corrected chi connectivity index (χ3v) is 7.37. The molecule has 1 aromatic heterocycles. The number of fused-ring (bicyclic) bond motifs is 1. The van der Waals surface area contributed by atoms with Gasteiger partial charge in [-0.05, 0) is 72.9 Å². The van der Waals surface area contributed by atoms with E-state index in [1.807, 2.05) is 6.07 Å². The van der Waals surface area contributed by atoms with Crippen molar-refractivity contribution in [3.8, 4) is 16.2 Å². The van der Waals surface area contributed by atoms with Gasteiger partial charge in [0, 0.05) is 10.4 Å². The van der Waals surface area contributed by atoms with Gasteiger partial charge in [0.25, 0.3) is 5.91 Å². The van der Waals surface area contributed by atoms with Gasteiger partial charge in [-0.2, -0.15) is 0 Å². The molecule has 0 saturated heterocycles. The lowest BCUT2D eigenvalue weighted by atomic mass is 9.63. The molecule has 0 saturated carbocycles. The molecule has 1 unspecified atom stereocenters. The second-order valence-electron chi connectivity index (χ2n) is 9.48. The van der Waals surface area contributed by atoms with E-state index in [1.165, 1.54) is 22.5 Å². The molecule has 1 N–H and O–H groups in total. The quantitative estimate of drug-likeness (QED) is 0.603. The van der Waals surface area contributed by atoms with Crippen molar-refractivity contribution >= 4 is 23.2 Å². The average molecular weight is 444 g/mol. The SMILES string of the molecule is CCOC(=O)C(C)NC(=O)c1ccc(-c2cc3c(cc2OC)C(C)(C)CCC3(C)C)s1. The van der Waals surface area contributed by atoms with Crippen molar-refractivity contribution < 1.29 is 19.1 Å². The average Bonchev–Trinajstić information content (AvgIpc) is 3.21. The summed E-state index contributed by atoms with van der Waals surface area (Å²) in [5.74, 6) is 0.0993. The minimum absolute atomic E-state index is 0.0818. The van der Waals surface area contributed by atoms with Crippen LogP contribution in [0.15, 0.2) is 24.3 Å². The Labute approximate surface area is 189 Å². The minimum Gasteiger partial charge on any atom is -0.496 e.